The molecule has 9 nitrogen and oxygen atoms in total. The Morgan fingerprint density at radius 2 is 1.91 bits per heavy atom. The van der Waals surface area contributed by atoms with Crippen LogP contribution in [0.15, 0.2) is 41.5 Å². The smallest absolute Gasteiger partial charge is 0.416 e. The molecule has 0 spiro atoms. The van der Waals surface area contributed by atoms with Crippen molar-refractivity contribution < 1.29 is 23.1 Å². The second-order valence-corrected chi connectivity index (χ2v) is 7.97. The molecule has 0 radical (unpaired) electrons. The largest absolute Gasteiger partial charge is 0.478 e. The van der Waals surface area contributed by atoms with Gasteiger partial charge < -0.3 is 5.11 Å². The molecule has 1 aliphatic rings. The third-order valence-electron chi connectivity index (χ3n) is 5.67. The van der Waals surface area contributed by atoms with Crippen LogP contribution < -0.4 is 5.56 Å². The molecule has 1 atom stereocenters. The second kappa shape index (κ2) is 8.31. The molecule has 1 aromatic carbocycles. The minimum atomic E-state index is -4.44. The summed E-state index contributed by atoms with van der Waals surface area (Å²) in [6.07, 6.45) is -0.294. The highest BCUT2D eigenvalue weighted by molar-refractivity contribution is 7.59. The van der Waals surface area contributed by atoms with Gasteiger partial charge in [-0.2, -0.15) is 36.9 Å². The van der Waals surface area contributed by atoms with Gasteiger partial charge in [0.05, 0.1) is 29.1 Å². The Hall–Kier alpha value is -3.61. The molecule has 0 aliphatic heterocycles. The van der Waals surface area contributed by atoms with Crippen molar-refractivity contribution in [3.8, 4) is 5.95 Å². The molecule has 5 rings (SSSR count). The van der Waals surface area contributed by atoms with E-state index in [4.69, 9.17) is 5.11 Å². The van der Waals surface area contributed by atoms with E-state index in [0.717, 1.165) is 35.9 Å². The molecule has 2 N–H and O–H groups in total. The van der Waals surface area contributed by atoms with Crippen LogP contribution >= 0.6 is 13.5 Å². The molecule has 13 heteroatoms. The number of H-pyrrole nitrogens is 1. The van der Waals surface area contributed by atoms with E-state index in [9.17, 15) is 22.8 Å². The van der Waals surface area contributed by atoms with E-state index >= 15 is 0 Å². The summed E-state index contributed by atoms with van der Waals surface area (Å²) in [7, 11) is 0. The fraction of sp³-hybridized carbons (Fsp3) is 0.286. The lowest BCUT2D eigenvalue weighted by Crippen LogP contribution is -2.19. The predicted molar refractivity (Wildman–Crippen MR) is 120 cm³/mol. The molecule has 3 heterocycles. The van der Waals surface area contributed by atoms with Crippen molar-refractivity contribution in [3.05, 3.63) is 69.4 Å². The number of aromatic carboxylic acids is 1. The number of hydrogen-bond donors (Lipinski definition) is 2. The SMILES string of the molecule is C[C@@H](c1ccc(C(F)(F)F)cc1)n1nc(C2CC2)c2nc(-n3cc(C(=O)O)cn3)[nH]c(=O)c21.S. The van der Waals surface area contributed by atoms with Gasteiger partial charge in [-0.25, -0.2) is 14.5 Å². The lowest BCUT2D eigenvalue weighted by atomic mass is 10.1. The Morgan fingerprint density at radius 1 is 1.24 bits per heavy atom. The first-order valence-electron chi connectivity index (χ1n) is 10.1. The quantitative estimate of drug-likeness (QED) is 0.439. The highest BCUT2D eigenvalue weighted by Gasteiger charge is 2.33. The number of nitrogens with one attached hydrogen (secondary N) is 1. The normalized spacial score (nSPS) is 14.7. The number of carboxylic acids is 1. The van der Waals surface area contributed by atoms with Gasteiger partial charge in [0.25, 0.3) is 5.56 Å². The number of fused-ring (bicyclic) bond motifs is 1. The Kier molecular flexibility index (Phi) is 5.75. The molecule has 3 aromatic heterocycles. The Bertz CT molecular complexity index is 1440. The molecule has 1 saturated carbocycles. The average molecular weight is 492 g/mol. The van der Waals surface area contributed by atoms with E-state index < -0.39 is 29.3 Å². The summed E-state index contributed by atoms with van der Waals surface area (Å²) >= 11 is 0. The highest BCUT2D eigenvalue weighted by Crippen LogP contribution is 2.42. The number of carboxylic acid groups (broad SMARTS) is 1. The fourth-order valence-electron chi connectivity index (χ4n) is 3.72. The van der Waals surface area contributed by atoms with Crippen LogP contribution in [0.4, 0.5) is 13.2 Å². The molecule has 0 bridgehead atoms. The summed E-state index contributed by atoms with van der Waals surface area (Å²) in [6, 6.07) is 4.20. The molecule has 4 aromatic rings. The maximum Gasteiger partial charge on any atom is 0.416 e. The molecule has 1 fully saturated rings. The number of aromatic amines is 1. The first-order chi connectivity index (χ1) is 15.6. The summed E-state index contributed by atoms with van der Waals surface area (Å²) < 4.78 is 41.4. The van der Waals surface area contributed by atoms with E-state index in [0.29, 0.717) is 16.8 Å². The molecule has 34 heavy (non-hydrogen) atoms. The van der Waals surface area contributed by atoms with Gasteiger partial charge in [0, 0.05) is 12.1 Å². The molecule has 0 amide bonds. The number of hydrogen-bond acceptors (Lipinski definition) is 5. The van der Waals surface area contributed by atoms with E-state index in [1.54, 1.807) is 6.92 Å². The van der Waals surface area contributed by atoms with Crippen molar-refractivity contribution in [2.75, 3.05) is 0 Å². The summed E-state index contributed by atoms with van der Waals surface area (Å²) in [6.45, 7) is 1.74. The van der Waals surface area contributed by atoms with Gasteiger partial charge >= 0.3 is 12.1 Å². The van der Waals surface area contributed by atoms with Crippen LogP contribution in [0.5, 0.6) is 0 Å². The third-order valence-corrected chi connectivity index (χ3v) is 5.67. The molecule has 1 aliphatic carbocycles. The van der Waals surface area contributed by atoms with Crippen LogP contribution in [0.3, 0.4) is 0 Å². The number of halogens is 3. The van der Waals surface area contributed by atoms with Gasteiger partial charge in [-0.05, 0) is 37.5 Å². The van der Waals surface area contributed by atoms with Gasteiger partial charge in [0.15, 0.2) is 5.52 Å². The maximum absolute atomic E-state index is 13.0. The van der Waals surface area contributed by atoms with Crippen LogP contribution in [0.2, 0.25) is 0 Å². The Balaban J connectivity index is 0.00000274. The molecular weight excluding hydrogens is 473 g/mol. The van der Waals surface area contributed by atoms with Crippen molar-refractivity contribution in [1.29, 1.82) is 0 Å². The summed E-state index contributed by atoms with van der Waals surface area (Å²) in [5.74, 6) is -0.993. The first-order valence-corrected chi connectivity index (χ1v) is 10.1. The van der Waals surface area contributed by atoms with Crippen molar-refractivity contribution in [1.82, 2.24) is 29.5 Å². The Morgan fingerprint density at radius 3 is 2.47 bits per heavy atom. The molecule has 0 saturated heterocycles. The molecule has 178 valence electrons. The van der Waals surface area contributed by atoms with E-state index in [-0.39, 0.29) is 36.4 Å². The van der Waals surface area contributed by atoms with Gasteiger partial charge in [-0.15, -0.1) is 0 Å². The molecular formula is C21H19F3N6O3S. The Labute approximate surface area is 196 Å². The predicted octanol–water partition coefficient (Wildman–Crippen LogP) is 3.62. The van der Waals surface area contributed by atoms with E-state index in [1.807, 2.05) is 0 Å². The van der Waals surface area contributed by atoms with Gasteiger partial charge in [0.1, 0.15) is 5.52 Å². The first kappa shape index (κ1) is 23.5. The third kappa shape index (κ3) is 4.06. The minimum Gasteiger partial charge on any atom is -0.478 e. The zero-order valence-corrected chi connectivity index (χ0v) is 18.7. The highest BCUT2D eigenvalue weighted by atomic mass is 32.1. The number of aromatic nitrogens is 6. The summed E-state index contributed by atoms with van der Waals surface area (Å²) in [5, 5.41) is 17.7. The lowest BCUT2D eigenvalue weighted by molar-refractivity contribution is -0.137. The average Bonchev–Trinajstić information content (AvgIpc) is 3.34. The van der Waals surface area contributed by atoms with Crippen LogP contribution in [-0.4, -0.2) is 40.6 Å². The monoisotopic (exact) mass is 492 g/mol. The topological polar surface area (TPSA) is 119 Å². The molecule has 0 unspecified atom stereocenters. The number of benzene rings is 1. The van der Waals surface area contributed by atoms with Gasteiger partial charge in [0.2, 0.25) is 5.95 Å². The van der Waals surface area contributed by atoms with Crippen LogP contribution in [0, 0.1) is 0 Å². The number of alkyl halides is 3. The van der Waals surface area contributed by atoms with E-state index in [1.165, 1.54) is 23.0 Å². The number of rotatable bonds is 5. The van der Waals surface area contributed by atoms with Gasteiger partial charge in [-0.1, -0.05) is 12.1 Å². The van der Waals surface area contributed by atoms with Crippen molar-refractivity contribution in [2.24, 2.45) is 0 Å². The fourth-order valence-corrected chi connectivity index (χ4v) is 3.72. The lowest BCUT2D eigenvalue weighted by Gasteiger charge is -2.15. The number of carbonyl (C=O) groups is 1. The van der Waals surface area contributed by atoms with Crippen LogP contribution in [0.1, 0.15) is 58.9 Å². The van der Waals surface area contributed by atoms with Crippen molar-refractivity contribution in [2.45, 2.75) is 37.9 Å². The van der Waals surface area contributed by atoms with Crippen LogP contribution in [0.25, 0.3) is 17.0 Å². The summed E-state index contributed by atoms with van der Waals surface area (Å²) in [4.78, 5) is 31.3. The van der Waals surface area contributed by atoms with Crippen molar-refractivity contribution in [3.63, 3.8) is 0 Å². The zero-order valence-electron chi connectivity index (χ0n) is 17.7. The second-order valence-electron chi connectivity index (χ2n) is 7.97. The standard InChI is InChI=1S/C21H17F3N6O3.H2S/c1-10(11-4-6-14(7-5-11)21(22,23)24)30-17-16(15(28-30)12-2-3-12)26-20(27-18(17)31)29-9-13(8-25-29)19(32)33;/h4-10,12H,2-3H2,1H3,(H,32,33)(H,26,27,31);1H2/t10-;/m0./s1. The van der Waals surface area contributed by atoms with Gasteiger partial charge in [-0.3, -0.25) is 14.5 Å². The summed E-state index contributed by atoms with van der Waals surface area (Å²) in [5.41, 5.74) is 0.401. The maximum atomic E-state index is 13.0. The van der Waals surface area contributed by atoms with E-state index in [2.05, 4.69) is 20.2 Å². The van der Waals surface area contributed by atoms with Crippen LogP contribution in [-0.2, 0) is 6.18 Å². The minimum absolute atomic E-state index is 0. The van der Waals surface area contributed by atoms with Crippen molar-refractivity contribution >= 4 is 30.5 Å². The number of nitrogens with zero attached hydrogens (tertiary/aromatic N) is 5. The zero-order chi connectivity index (χ0) is 23.5.